The Labute approximate surface area is 146 Å². The number of hydrogen-bond donors (Lipinski definition) is 4. The van der Waals surface area contributed by atoms with E-state index < -0.39 is 8.77 Å². The van der Waals surface area contributed by atoms with Crippen LogP contribution in [-0.2, 0) is 20.0 Å². The number of thiol groups is 1. The van der Waals surface area contributed by atoms with Gasteiger partial charge in [0.05, 0.1) is 11.1 Å². The molecule has 2 rings (SSSR count). The van der Waals surface area contributed by atoms with E-state index in [0.717, 1.165) is 0 Å². The lowest BCUT2D eigenvalue weighted by Crippen LogP contribution is -2.41. The molecular weight excluding hydrogens is 356 g/mol. The number of amides is 1. The monoisotopic (exact) mass is 376 g/mol. The summed E-state index contributed by atoms with van der Waals surface area (Å²) in [4.78, 5) is 14.3. The van der Waals surface area contributed by atoms with E-state index in [1.807, 2.05) is 19.0 Å². The van der Waals surface area contributed by atoms with Crippen molar-refractivity contribution >= 4 is 38.5 Å². The summed E-state index contributed by atoms with van der Waals surface area (Å²) in [5.74, 6) is -0.311. The SMILES string of the molecule is CC1N(C)NC(S)N1CCNC(=O)c1cccc(S(=O)(O)=S)c1. The van der Waals surface area contributed by atoms with Gasteiger partial charge >= 0.3 is 0 Å². The first kappa shape index (κ1) is 18.6. The molecule has 1 fully saturated rings. The quantitative estimate of drug-likeness (QED) is 0.550. The lowest BCUT2D eigenvalue weighted by atomic mass is 10.2. The van der Waals surface area contributed by atoms with Gasteiger partial charge in [0.15, 0.2) is 8.77 Å². The minimum atomic E-state index is -3.49. The molecule has 0 spiro atoms. The van der Waals surface area contributed by atoms with Crippen molar-refractivity contribution in [1.82, 2.24) is 20.7 Å². The summed E-state index contributed by atoms with van der Waals surface area (Å²) in [5, 5.41) is 4.74. The van der Waals surface area contributed by atoms with E-state index in [4.69, 9.17) is 0 Å². The molecule has 0 aromatic heterocycles. The molecule has 3 N–H and O–H groups in total. The van der Waals surface area contributed by atoms with Crippen molar-refractivity contribution in [3.63, 3.8) is 0 Å². The Hall–Kier alpha value is -0.750. The number of benzene rings is 1. The maximum Gasteiger partial charge on any atom is 0.251 e. The van der Waals surface area contributed by atoms with Crippen LogP contribution in [0.2, 0.25) is 0 Å². The summed E-state index contributed by atoms with van der Waals surface area (Å²) in [5.41, 5.74) is 3.35. The highest BCUT2D eigenvalue weighted by Gasteiger charge is 2.31. The van der Waals surface area contributed by atoms with Crippen molar-refractivity contribution in [2.24, 2.45) is 0 Å². The normalized spacial score (nSPS) is 25.2. The van der Waals surface area contributed by atoms with Gasteiger partial charge in [0.1, 0.15) is 5.50 Å². The van der Waals surface area contributed by atoms with E-state index in [2.05, 4.69) is 39.5 Å². The minimum absolute atomic E-state index is 0.0644. The number of nitrogens with zero attached hydrogens (tertiary/aromatic N) is 2. The van der Waals surface area contributed by atoms with Crippen molar-refractivity contribution in [2.75, 3.05) is 20.1 Å². The van der Waals surface area contributed by atoms with Gasteiger partial charge in [-0.1, -0.05) is 6.07 Å². The summed E-state index contributed by atoms with van der Waals surface area (Å²) in [7, 11) is -1.56. The summed E-state index contributed by atoms with van der Waals surface area (Å²) >= 11 is 8.95. The molecular formula is C13H20N4O3S3. The van der Waals surface area contributed by atoms with Crippen molar-refractivity contribution in [3.8, 4) is 0 Å². The zero-order chi connectivity index (χ0) is 17.2. The predicted octanol–water partition coefficient (Wildman–Crippen LogP) is 0.306. The van der Waals surface area contributed by atoms with Crippen LogP contribution >= 0.6 is 12.6 Å². The van der Waals surface area contributed by atoms with E-state index in [-0.39, 0.29) is 22.5 Å². The molecule has 0 radical (unpaired) electrons. The number of carbonyl (C=O) groups excluding carboxylic acids is 1. The fourth-order valence-electron chi connectivity index (χ4n) is 2.30. The Morgan fingerprint density at radius 2 is 2.26 bits per heavy atom. The van der Waals surface area contributed by atoms with Crippen LogP contribution in [0.15, 0.2) is 29.2 Å². The molecule has 1 heterocycles. The fraction of sp³-hybridized carbons (Fsp3) is 0.462. The molecule has 128 valence electrons. The van der Waals surface area contributed by atoms with E-state index in [0.29, 0.717) is 18.7 Å². The maximum atomic E-state index is 12.1. The van der Waals surface area contributed by atoms with Gasteiger partial charge in [-0.25, -0.2) is 14.6 Å². The first-order valence-electron chi connectivity index (χ1n) is 6.98. The highest BCUT2D eigenvalue weighted by molar-refractivity contribution is 8.29. The average molecular weight is 377 g/mol. The van der Waals surface area contributed by atoms with E-state index in [9.17, 15) is 13.6 Å². The Bertz CT molecular complexity index is 683. The maximum absolute atomic E-state index is 12.1. The molecule has 1 aliphatic heterocycles. The molecule has 1 aromatic rings. The molecule has 23 heavy (non-hydrogen) atoms. The van der Waals surface area contributed by atoms with Crippen molar-refractivity contribution in [2.45, 2.75) is 23.5 Å². The number of rotatable bonds is 5. The summed E-state index contributed by atoms with van der Waals surface area (Å²) in [6.45, 7) is 3.09. The Morgan fingerprint density at radius 3 is 2.83 bits per heavy atom. The van der Waals surface area contributed by atoms with Crippen molar-refractivity contribution in [1.29, 1.82) is 0 Å². The highest BCUT2D eigenvalue weighted by Crippen LogP contribution is 2.16. The lowest BCUT2D eigenvalue weighted by Gasteiger charge is -2.24. The predicted molar refractivity (Wildman–Crippen MR) is 95.0 cm³/mol. The Morgan fingerprint density at radius 1 is 1.57 bits per heavy atom. The summed E-state index contributed by atoms with van der Waals surface area (Å²) < 4.78 is 20.8. The van der Waals surface area contributed by atoms with Crippen molar-refractivity contribution < 1.29 is 13.6 Å². The minimum Gasteiger partial charge on any atom is -0.351 e. The molecule has 0 aliphatic carbocycles. The van der Waals surface area contributed by atoms with Gasteiger partial charge in [0.2, 0.25) is 0 Å². The van der Waals surface area contributed by atoms with Crippen LogP contribution < -0.4 is 10.7 Å². The molecule has 7 nitrogen and oxygen atoms in total. The third kappa shape index (κ3) is 4.63. The van der Waals surface area contributed by atoms with Crippen LogP contribution in [0.25, 0.3) is 0 Å². The van der Waals surface area contributed by atoms with Crippen LogP contribution in [0.3, 0.4) is 0 Å². The van der Waals surface area contributed by atoms with Gasteiger partial charge in [0.25, 0.3) is 5.91 Å². The molecule has 3 atom stereocenters. The van der Waals surface area contributed by atoms with E-state index >= 15 is 0 Å². The molecule has 10 heteroatoms. The lowest BCUT2D eigenvalue weighted by molar-refractivity contribution is 0.0941. The van der Waals surface area contributed by atoms with Crippen LogP contribution in [-0.4, -0.2) is 56.4 Å². The zero-order valence-corrected chi connectivity index (χ0v) is 15.3. The number of nitrogens with one attached hydrogen (secondary N) is 2. The standard InChI is InChI=1S/C13H20N4O3S3/c1-9-16(2)15-13(21)17(9)7-6-14-12(18)10-4-3-5-11(8-10)23(19,20)22/h3-5,8-9,13,15,21H,6-7H2,1-2H3,(H,14,18)(H,19,20,22). The second-order valence-corrected chi connectivity index (χ2v) is 8.51. The van der Waals surface area contributed by atoms with Crippen LogP contribution in [0.1, 0.15) is 17.3 Å². The molecule has 0 saturated carbocycles. The summed E-state index contributed by atoms with van der Waals surface area (Å²) in [6.07, 6.45) is 0.164. The van der Waals surface area contributed by atoms with Crippen LogP contribution in [0, 0.1) is 0 Å². The van der Waals surface area contributed by atoms with E-state index in [1.54, 1.807) is 6.07 Å². The van der Waals surface area contributed by atoms with Gasteiger partial charge in [-0.05, 0) is 25.1 Å². The van der Waals surface area contributed by atoms with Crippen LogP contribution in [0.5, 0.6) is 0 Å². The van der Waals surface area contributed by atoms with Gasteiger partial charge in [-0.3, -0.25) is 9.69 Å². The molecule has 0 bridgehead atoms. The third-order valence-electron chi connectivity index (χ3n) is 3.72. The largest absolute Gasteiger partial charge is 0.351 e. The molecule has 1 saturated heterocycles. The Balaban J connectivity index is 1.93. The average Bonchev–Trinajstić information content (AvgIpc) is 2.72. The fourth-order valence-corrected chi connectivity index (χ4v) is 3.63. The Kier molecular flexibility index (Phi) is 6.00. The molecule has 1 aromatic carbocycles. The molecule has 3 unspecified atom stereocenters. The number of hydrazine groups is 1. The van der Waals surface area contributed by atoms with Gasteiger partial charge < -0.3 is 9.87 Å². The van der Waals surface area contributed by atoms with E-state index in [1.165, 1.54) is 18.2 Å². The summed E-state index contributed by atoms with van der Waals surface area (Å²) in [6, 6.07) is 5.90. The smallest absolute Gasteiger partial charge is 0.251 e. The first-order valence-corrected chi connectivity index (χ1v) is 9.94. The molecule has 1 aliphatic rings. The second kappa shape index (κ2) is 7.43. The number of carbonyl (C=O) groups is 1. The first-order chi connectivity index (χ1) is 10.7. The highest BCUT2D eigenvalue weighted by atomic mass is 32.8. The van der Waals surface area contributed by atoms with Crippen LogP contribution in [0.4, 0.5) is 0 Å². The molecule has 1 amide bonds. The third-order valence-corrected chi connectivity index (χ3v) is 5.56. The van der Waals surface area contributed by atoms with Gasteiger partial charge in [0, 0.05) is 36.9 Å². The number of hydrogen-bond acceptors (Lipinski definition) is 7. The zero-order valence-electron chi connectivity index (χ0n) is 12.8. The second-order valence-electron chi connectivity index (χ2n) is 5.24. The van der Waals surface area contributed by atoms with Crippen molar-refractivity contribution in [3.05, 3.63) is 29.8 Å². The van der Waals surface area contributed by atoms with Gasteiger partial charge in [-0.2, -0.15) is 0 Å². The van der Waals surface area contributed by atoms with Gasteiger partial charge in [-0.15, -0.1) is 12.6 Å². The topological polar surface area (TPSA) is 84.9 Å².